The Bertz CT molecular complexity index is 408. The van der Waals surface area contributed by atoms with Gasteiger partial charge >= 0.3 is 6.01 Å². The van der Waals surface area contributed by atoms with Crippen LogP contribution in [0.25, 0.3) is 0 Å². The monoisotopic (exact) mass is 282 g/mol. The normalized spacial score (nSPS) is 23.6. The number of aromatic nitrogens is 2. The number of nitrogens with zero attached hydrogens (tertiary/aromatic N) is 3. The molecule has 6 heteroatoms. The Balaban J connectivity index is 1.95. The van der Waals surface area contributed by atoms with E-state index in [-0.39, 0.29) is 6.10 Å². The van der Waals surface area contributed by atoms with Crippen LogP contribution < -0.4 is 10.2 Å². The lowest BCUT2D eigenvalue weighted by Crippen LogP contribution is -2.48. The Hall–Kier alpha value is -1.14. The van der Waals surface area contributed by atoms with Gasteiger partial charge in [-0.3, -0.25) is 0 Å². The molecule has 1 N–H and O–H groups in total. The number of hydrogen-bond donors (Lipinski definition) is 1. The zero-order chi connectivity index (χ0) is 14.5. The molecule has 0 bridgehead atoms. The van der Waals surface area contributed by atoms with Crippen LogP contribution in [0.3, 0.4) is 0 Å². The van der Waals surface area contributed by atoms with E-state index >= 15 is 0 Å². The molecule has 0 radical (unpaired) electrons. The van der Waals surface area contributed by atoms with E-state index in [4.69, 9.17) is 9.15 Å². The topological polar surface area (TPSA) is 63.4 Å². The second-order valence-electron chi connectivity index (χ2n) is 5.86. The fourth-order valence-electron chi connectivity index (χ4n) is 2.32. The number of rotatable bonds is 6. The molecule has 1 aromatic rings. The van der Waals surface area contributed by atoms with Gasteiger partial charge in [-0.2, -0.15) is 0 Å². The lowest BCUT2D eigenvalue weighted by Gasteiger charge is -2.36. The summed E-state index contributed by atoms with van der Waals surface area (Å²) >= 11 is 0. The van der Waals surface area contributed by atoms with Gasteiger partial charge in [0.2, 0.25) is 5.89 Å². The highest BCUT2D eigenvalue weighted by Crippen LogP contribution is 2.22. The Labute approximate surface area is 120 Å². The zero-order valence-corrected chi connectivity index (χ0v) is 12.9. The molecule has 1 aliphatic rings. The largest absolute Gasteiger partial charge is 0.407 e. The smallest absolute Gasteiger partial charge is 0.318 e. The summed E-state index contributed by atoms with van der Waals surface area (Å²) in [5.41, 5.74) is 0. The van der Waals surface area contributed by atoms with Crippen LogP contribution in [0.1, 0.15) is 40.0 Å². The Morgan fingerprint density at radius 1 is 1.40 bits per heavy atom. The molecule has 1 aliphatic heterocycles. The first-order valence-electron chi connectivity index (χ1n) is 7.51. The Morgan fingerprint density at radius 3 is 2.90 bits per heavy atom. The number of anilines is 1. The van der Waals surface area contributed by atoms with Gasteiger partial charge in [-0.05, 0) is 25.8 Å². The van der Waals surface area contributed by atoms with Crippen molar-refractivity contribution in [3.05, 3.63) is 5.89 Å². The first-order chi connectivity index (χ1) is 9.60. The number of hydrogen-bond acceptors (Lipinski definition) is 6. The predicted octanol–water partition coefficient (Wildman–Crippen LogP) is 1.82. The Morgan fingerprint density at radius 2 is 2.20 bits per heavy atom. The maximum atomic E-state index is 5.77. The van der Waals surface area contributed by atoms with Crippen LogP contribution in [0.5, 0.6) is 0 Å². The van der Waals surface area contributed by atoms with Crippen molar-refractivity contribution in [1.29, 1.82) is 0 Å². The van der Waals surface area contributed by atoms with E-state index in [0.717, 1.165) is 26.1 Å². The molecular formula is C14H26N4O2. The minimum Gasteiger partial charge on any atom is -0.407 e. The summed E-state index contributed by atoms with van der Waals surface area (Å²) in [6.07, 6.45) is 1.21. The minimum atomic E-state index is 0.201. The van der Waals surface area contributed by atoms with Gasteiger partial charge in [0.25, 0.3) is 0 Å². The number of nitrogens with one attached hydrogen (secondary N) is 1. The SMILES string of the molecule is CCC1COC(C)CN1c1nnc(CNCC(C)C)o1. The van der Waals surface area contributed by atoms with Gasteiger partial charge in [0.15, 0.2) is 0 Å². The van der Waals surface area contributed by atoms with Crippen molar-refractivity contribution in [3.8, 4) is 0 Å². The van der Waals surface area contributed by atoms with E-state index in [1.165, 1.54) is 0 Å². The minimum absolute atomic E-state index is 0.201. The van der Waals surface area contributed by atoms with Gasteiger partial charge in [0.05, 0.1) is 25.3 Å². The third kappa shape index (κ3) is 3.93. The zero-order valence-electron chi connectivity index (χ0n) is 12.9. The van der Waals surface area contributed by atoms with E-state index in [1.807, 2.05) is 0 Å². The van der Waals surface area contributed by atoms with Crippen LogP contribution >= 0.6 is 0 Å². The van der Waals surface area contributed by atoms with Gasteiger partial charge in [-0.1, -0.05) is 25.9 Å². The van der Waals surface area contributed by atoms with Crippen molar-refractivity contribution in [1.82, 2.24) is 15.5 Å². The lowest BCUT2D eigenvalue weighted by atomic mass is 10.1. The highest BCUT2D eigenvalue weighted by molar-refractivity contribution is 5.28. The first kappa shape index (κ1) is 15.3. The number of ether oxygens (including phenoxy) is 1. The van der Waals surface area contributed by atoms with Crippen molar-refractivity contribution >= 4 is 6.01 Å². The summed E-state index contributed by atoms with van der Waals surface area (Å²) in [4.78, 5) is 2.17. The Kier molecular flexibility index (Phi) is 5.37. The average molecular weight is 282 g/mol. The van der Waals surface area contributed by atoms with Crippen molar-refractivity contribution in [2.75, 3.05) is 24.6 Å². The molecule has 0 saturated carbocycles. The summed E-state index contributed by atoms with van der Waals surface area (Å²) in [7, 11) is 0. The standard InChI is InChI=1S/C14H26N4O2/c1-5-12-9-19-11(4)8-18(12)14-17-16-13(20-14)7-15-6-10(2)3/h10-12,15H,5-9H2,1-4H3. The summed E-state index contributed by atoms with van der Waals surface area (Å²) in [5.74, 6) is 1.26. The third-order valence-electron chi connectivity index (χ3n) is 3.47. The van der Waals surface area contributed by atoms with Crippen LogP contribution in [0.4, 0.5) is 6.01 Å². The fourth-order valence-corrected chi connectivity index (χ4v) is 2.32. The van der Waals surface area contributed by atoms with Crippen LogP contribution in [-0.4, -0.2) is 42.0 Å². The first-order valence-corrected chi connectivity index (χ1v) is 7.51. The highest BCUT2D eigenvalue weighted by atomic mass is 16.5. The highest BCUT2D eigenvalue weighted by Gasteiger charge is 2.29. The quantitative estimate of drug-likeness (QED) is 0.858. The van der Waals surface area contributed by atoms with Gasteiger partial charge in [0.1, 0.15) is 0 Å². The van der Waals surface area contributed by atoms with Crippen molar-refractivity contribution in [2.24, 2.45) is 5.92 Å². The van der Waals surface area contributed by atoms with Gasteiger partial charge in [0, 0.05) is 6.54 Å². The summed E-state index contributed by atoms with van der Waals surface area (Å²) in [5, 5.41) is 11.6. The number of morpholine rings is 1. The molecule has 6 nitrogen and oxygen atoms in total. The second kappa shape index (κ2) is 7.04. The molecule has 0 spiro atoms. The van der Waals surface area contributed by atoms with E-state index < -0.39 is 0 Å². The van der Waals surface area contributed by atoms with Crippen LogP contribution in [-0.2, 0) is 11.3 Å². The molecule has 2 unspecified atom stereocenters. The molecule has 2 heterocycles. The third-order valence-corrected chi connectivity index (χ3v) is 3.47. The molecule has 20 heavy (non-hydrogen) atoms. The van der Waals surface area contributed by atoms with E-state index in [2.05, 4.69) is 48.1 Å². The average Bonchev–Trinajstić information content (AvgIpc) is 2.87. The van der Waals surface area contributed by atoms with E-state index in [9.17, 15) is 0 Å². The molecule has 2 rings (SSSR count). The van der Waals surface area contributed by atoms with E-state index in [1.54, 1.807) is 0 Å². The molecule has 0 amide bonds. The molecule has 0 aliphatic carbocycles. The molecule has 1 aromatic heterocycles. The summed E-state index contributed by atoms with van der Waals surface area (Å²) < 4.78 is 11.5. The predicted molar refractivity (Wildman–Crippen MR) is 77.7 cm³/mol. The molecule has 114 valence electrons. The van der Waals surface area contributed by atoms with Crippen molar-refractivity contribution in [2.45, 2.75) is 52.8 Å². The van der Waals surface area contributed by atoms with Crippen LogP contribution in [0.15, 0.2) is 4.42 Å². The molecule has 1 fully saturated rings. The molecule has 0 aromatic carbocycles. The lowest BCUT2D eigenvalue weighted by molar-refractivity contribution is 0.0277. The van der Waals surface area contributed by atoms with Gasteiger partial charge in [-0.25, -0.2) is 0 Å². The fraction of sp³-hybridized carbons (Fsp3) is 0.857. The van der Waals surface area contributed by atoms with Crippen LogP contribution in [0.2, 0.25) is 0 Å². The molecule has 1 saturated heterocycles. The van der Waals surface area contributed by atoms with E-state index in [0.29, 0.717) is 30.4 Å². The molecular weight excluding hydrogens is 256 g/mol. The van der Waals surface area contributed by atoms with Gasteiger partial charge < -0.3 is 19.4 Å². The van der Waals surface area contributed by atoms with Gasteiger partial charge in [-0.15, -0.1) is 5.10 Å². The maximum Gasteiger partial charge on any atom is 0.318 e. The van der Waals surface area contributed by atoms with Crippen molar-refractivity contribution in [3.63, 3.8) is 0 Å². The molecule has 2 atom stereocenters. The summed E-state index contributed by atoms with van der Waals surface area (Å²) in [6.45, 7) is 11.7. The van der Waals surface area contributed by atoms with Crippen molar-refractivity contribution < 1.29 is 9.15 Å². The van der Waals surface area contributed by atoms with Crippen LogP contribution in [0, 0.1) is 5.92 Å². The second-order valence-corrected chi connectivity index (χ2v) is 5.86. The maximum absolute atomic E-state index is 5.77. The summed E-state index contributed by atoms with van der Waals surface area (Å²) in [6, 6.07) is 0.941.